The van der Waals surface area contributed by atoms with Crippen molar-refractivity contribution in [2.75, 3.05) is 19.7 Å². The molecule has 116 valence electrons. The number of nitro groups is 1. The maximum atomic E-state index is 13.4. The summed E-state index contributed by atoms with van der Waals surface area (Å²) < 4.78 is 18.0. The maximum Gasteiger partial charge on any atom is 0.338 e. The quantitative estimate of drug-likeness (QED) is 0.489. The lowest BCUT2D eigenvalue weighted by atomic mass is 10.2. The van der Waals surface area contributed by atoms with Crippen LogP contribution in [0.1, 0.15) is 10.4 Å². The van der Waals surface area contributed by atoms with Gasteiger partial charge in [0.25, 0.3) is 5.91 Å². The van der Waals surface area contributed by atoms with Crippen LogP contribution in [-0.2, 0) is 9.53 Å². The smallest absolute Gasteiger partial charge is 0.338 e. The molecule has 9 nitrogen and oxygen atoms in total. The first-order valence-electron chi connectivity index (χ1n) is 6.09. The topological polar surface area (TPSA) is 119 Å². The number of nitrogens with zero attached hydrogens (tertiary/aromatic N) is 2. The molecular formula is C12H10FN3O6. The molecule has 0 aliphatic carbocycles. The van der Waals surface area contributed by atoms with Crippen LogP contribution in [0, 0.1) is 15.9 Å². The number of hydrogen-bond donors (Lipinski definition) is 1. The molecule has 0 spiro atoms. The van der Waals surface area contributed by atoms with Crippen molar-refractivity contribution >= 4 is 23.6 Å². The zero-order valence-corrected chi connectivity index (χ0v) is 11.1. The van der Waals surface area contributed by atoms with Gasteiger partial charge in [0.15, 0.2) is 6.61 Å². The minimum Gasteiger partial charge on any atom is -0.452 e. The number of rotatable bonds is 4. The van der Waals surface area contributed by atoms with Crippen LogP contribution in [0.4, 0.5) is 14.9 Å². The Kier molecular flexibility index (Phi) is 4.30. The van der Waals surface area contributed by atoms with Gasteiger partial charge in [-0.15, -0.1) is 0 Å². The number of esters is 1. The van der Waals surface area contributed by atoms with E-state index in [0.29, 0.717) is 12.6 Å². The third kappa shape index (κ3) is 3.16. The van der Waals surface area contributed by atoms with E-state index in [9.17, 15) is 28.9 Å². The number of urea groups is 1. The van der Waals surface area contributed by atoms with Crippen molar-refractivity contribution in [1.29, 1.82) is 0 Å². The summed E-state index contributed by atoms with van der Waals surface area (Å²) >= 11 is 0. The number of imide groups is 1. The Bertz CT molecular complexity index is 662. The summed E-state index contributed by atoms with van der Waals surface area (Å²) in [7, 11) is 0. The number of nitrogens with one attached hydrogen (secondary N) is 1. The molecule has 1 aliphatic heterocycles. The summed E-state index contributed by atoms with van der Waals surface area (Å²) in [5, 5.41) is 12.9. The number of benzene rings is 1. The van der Waals surface area contributed by atoms with E-state index in [-0.39, 0.29) is 12.1 Å². The van der Waals surface area contributed by atoms with Crippen LogP contribution in [0.5, 0.6) is 0 Å². The molecule has 1 saturated heterocycles. The Morgan fingerprint density at radius 1 is 1.45 bits per heavy atom. The maximum absolute atomic E-state index is 13.4. The molecule has 0 aromatic heterocycles. The van der Waals surface area contributed by atoms with E-state index in [4.69, 9.17) is 0 Å². The summed E-state index contributed by atoms with van der Waals surface area (Å²) in [6, 6.07) is 1.90. The van der Waals surface area contributed by atoms with Crippen LogP contribution in [0.3, 0.4) is 0 Å². The number of carbonyl (C=O) groups is 3. The number of carbonyl (C=O) groups excluding carboxylic acids is 3. The largest absolute Gasteiger partial charge is 0.452 e. The molecule has 1 aromatic rings. The van der Waals surface area contributed by atoms with Gasteiger partial charge in [-0.25, -0.2) is 9.59 Å². The van der Waals surface area contributed by atoms with Gasteiger partial charge in [0.1, 0.15) is 0 Å². The fourth-order valence-electron chi connectivity index (χ4n) is 1.78. The summed E-state index contributed by atoms with van der Waals surface area (Å²) in [6.07, 6.45) is 0. The van der Waals surface area contributed by atoms with Crippen LogP contribution in [0.25, 0.3) is 0 Å². The number of halogens is 1. The predicted octanol–water partition coefficient (Wildman–Crippen LogP) is 0.442. The second-order valence-electron chi connectivity index (χ2n) is 4.28. The monoisotopic (exact) mass is 311 g/mol. The first-order chi connectivity index (χ1) is 10.4. The molecule has 3 amide bonds. The summed E-state index contributed by atoms with van der Waals surface area (Å²) in [5.41, 5.74) is -1.05. The van der Waals surface area contributed by atoms with Gasteiger partial charge in [-0.05, 0) is 12.1 Å². The van der Waals surface area contributed by atoms with E-state index < -0.39 is 40.9 Å². The van der Waals surface area contributed by atoms with E-state index in [0.717, 1.165) is 17.0 Å². The number of amides is 3. The van der Waals surface area contributed by atoms with Gasteiger partial charge in [-0.3, -0.25) is 19.8 Å². The highest BCUT2D eigenvalue weighted by molar-refractivity contribution is 5.98. The molecular weight excluding hydrogens is 301 g/mol. The standard InChI is InChI=1S/C12H10FN3O6/c13-8-5-7(1-2-9(8)16(20)21)11(18)22-6-10(17)15-4-3-14-12(15)19/h1-2,5H,3-4,6H2,(H,14,19). The van der Waals surface area contributed by atoms with Crippen molar-refractivity contribution in [3.8, 4) is 0 Å². The van der Waals surface area contributed by atoms with Crippen LogP contribution in [0.15, 0.2) is 18.2 Å². The van der Waals surface area contributed by atoms with Crippen molar-refractivity contribution in [3.05, 3.63) is 39.7 Å². The average molecular weight is 311 g/mol. The first-order valence-corrected chi connectivity index (χ1v) is 6.09. The number of nitro benzene ring substituents is 1. The lowest BCUT2D eigenvalue weighted by Gasteiger charge is -2.12. The zero-order chi connectivity index (χ0) is 16.3. The van der Waals surface area contributed by atoms with E-state index in [1.807, 2.05) is 0 Å². The van der Waals surface area contributed by atoms with Crippen LogP contribution >= 0.6 is 0 Å². The fraction of sp³-hybridized carbons (Fsp3) is 0.250. The molecule has 1 N–H and O–H groups in total. The minimum atomic E-state index is -1.19. The molecule has 0 unspecified atom stereocenters. The Hall–Kier alpha value is -3.04. The summed E-state index contributed by atoms with van der Waals surface area (Å²) in [4.78, 5) is 44.9. The molecule has 0 saturated carbocycles. The molecule has 1 fully saturated rings. The number of ether oxygens (including phenoxy) is 1. The van der Waals surface area contributed by atoms with E-state index in [1.165, 1.54) is 0 Å². The van der Waals surface area contributed by atoms with Crippen LogP contribution in [0.2, 0.25) is 0 Å². The van der Waals surface area contributed by atoms with Gasteiger partial charge in [0.2, 0.25) is 5.82 Å². The van der Waals surface area contributed by atoms with Crippen molar-refractivity contribution in [1.82, 2.24) is 10.2 Å². The molecule has 0 radical (unpaired) electrons. The van der Waals surface area contributed by atoms with Crippen molar-refractivity contribution in [3.63, 3.8) is 0 Å². The SMILES string of the molecule is O=C(OCC(=O)N1CCNC1=O)c1ccc([N+](=O)[O-])c(F)c1. The molecule has 1 heterocycles. The Morgan fingerprint density at radius 3 is 2.73 bits per heavy atom. The minimum absolute atomic E-state index is 0.168. The molecule has 1 aliphatic rings. The van der Waals surface area contributed by atoms with Gasteiger partial charge < -0.3 is 10.1 Å². The van der Waals surface area contributed by atoms with Gasteiger partial charge in [-0.1, -0.05) is 0 Å². The summed E-state index contributed by atoms with van der Waals surface area (Å²) in [6.45, 7) is -0.210. The highest BCUT2D eigenvalue weighted by atomic mass is 19.1. The van der Waals surface area contributed by atoms with Crippen molar-refractivity contribution in [2.24, 2.45) is 0 Å². The normalized spacial score (nSPS) is 13.7. The molecule has 1 aromatic carbocycles. The molecule has 0 atom stereocenters. The van der Waals surface area contributed by atoms with Crippen LogP contribution < -0.4 is 5.32 Å². The Balaban J connectivity index is 1.98. The second kappa shape index (κ2) is 6.16. The molecule has 2 rings (SSSR count). The first kappa shape index (κ1) is 15.4. The van der Waals surface area contributed by atoms with Gasteiger partial charge in [-0.2, -0.15) is 4.39 Å². The highest BCUT2D eigenvalue weighted by Crippen LogP contribution is 2.18. The van der Waals surface area contributed by atoms with E-state index in [2.05, 4.69) is 10.1 Å². The molecule has 10 heteroatoms. The molecule has 0 bridgehead atoms. The lowest BCUT2D eigenvalue weighted by Crippen LogP contribution is -2.37. The van der Waals surface area contributed by atoms with E-state index >= 15 is 0 Å². The van der Waals surface area contributed by atoms with E-state index in [1.54, 1.807) is 0 Å². The van der Waals surface area contributed by atoms with Gasteiger partial charge >= 0.3 is 17.7 Å². The van der Waals surface area contributed by atoms with Gasteiger partial charge in [0, 0.05) is 19.2 Å². The third-order valence-electron chi connectivity index (χ3n) is 2.86. The molecule has 22 heavy (non-hydrogen) atoms. The Labute approximate surface area is 122 Å². The number of hydrogen-bond acceptors (Lipinski definition) is 6. The average Bonchev–Trinajstić information content (AvgIpc) is 2.90. The lowest BCUT2D eigenvalue weighted by molar-refractivity contribution is -0.387. The van der Waals surface area contributed by atoms with Crippen molar-refractivity contribution < 1.29 is 28.4 Å². The van der Waals surface area contributed by atoms with Crippen molar-refractivity contribution in [2.45, 2.75) is 0 Å². The summed E-state index contributed by atoms with van der Waals surface area (Å²) in [5.74, 6) is -2.93. The Morgan fingerprint density at radius 2 is 2.18 bits per heavy atom. The van der Waals surface area contributed by atoms with Gasteiger partial charge in [0.05, 0.1) is 10.5 Å². The third-order valence-corrected chi connectivity index (χ3v) is 2.86. The predicted molar refractivity (Wildman–Crippen MR) is 68.4 cm³/mol. The highest BCUT2D eigenvalue weighted by Gasteiger charge is 2.27. The fourth-order valence-corrected chi connectivity index (χ4v) is 1.78. The zero-order valence-electron chi connectivity index (χ0n) is 11.1. The second-order valence-corrected chi connectivity index (χ2v) is 4.28. The van der Waals surface area contributed by atoms with Crippen LogP contribution in [-0.4, -0.2) is 47.4 Å².